The van der Waals surface area contributed by atoms with Gasteiger partial charge in [-0.15, -0.1) is 0 Å². The van der Waals surface area contributed by atoms with Crippen molar-refractivity contribution in [3.05, 3.63) is 108 Å². The highest BCUT2D eigenvalue weighted by molar-refractivity contribution is 7.99. The standard InChI is InChI=1S/C27H23NO4S/c29-24-19(15-14-18-8-3-1-4-9-18)16-23(25(30)26(24)31)27(32)28-20-10-7-13-22(17-20)33-21-11-5-2-6-12-21/h1-13,16-17,29-31H,14-15H2,(H,28,32). The molecule has 0 fully saturated rings. The van der Waals surface area contributed by atoms with Gasteiger partial charge in [-0.25, -0.2) is 0 Å². The van der Waals surface area contributed by atoms with Gasteiger partial charge in [0.15, 0.2) is 11.5 Å². The number of phenolic OH excluding ortho intramolecular Hbond substituents is 3. The molecule has 0 spiro atoms. The molecule has 0 aliphatic carbocycles. The van der Waals surface area contributed by atoms with Gasteiger partial charge in [0.25, 0.3) is 5.91 Å². The highest BCUT2D eigenvalue weighted by Crippen LogP contribution is 2.41. The van der Waals surface area contributed by atoms with Crippen LogP contribution in [-0.4, -0.2) is 21.2 Å². The van der Waals surface area contributed by atoms with Crippen molar-refractivity contribution in [2.45, 2.75) is 22.6 Å². The summed E-state index contributed by atoms with van der Waals surface area (Å²) in [6, 6.07) is 28.4. The van der Waals surface area contributed by atoms with Crippen molar-refractivity contribution in [1.29, 1.82) is 0 Å². The van der Waals surface area contributed by atoms with Crippen LogP contribution in [0.5, 0.6) is 17.2 Å². The molecule has 1 amide bonds. The summed E-state index contributed by atoms with van der Waals surface area (Å²) in [5.41, 5.74) is 1.89. The number of benzene rings is 4. The molecule has 0 bridgehead atoms. The Kier molecular flexibility index (Phi) is 6.86. The summed E-state index contributed by atoms with van der Waals surface area (Å²) in [7, 11) is 0. The second-order valence-corrected chi connectivity index (χ2v) is 8.66. The Morgan fingerprint density at radius 3 is 2.09 bits per heavy atom. The van der Waals surface area contributed by atoms with Crippen molar-refractivity contribution >= 4 is 23.4 Å². The summed E-state index contributed by atoms with van der Waals surface area (Å²) in [4.78, 5) is 14.9. The molecule has 4 aromatic rings. The minimum Gasteiger partial charge on any atom is -0.504 e. The van der Waals surface area contributed by atoms with Crippen molar-refractivity contribution < 1.29 is 20.1 Å². The first-order valence-corrected chi connectivity index (χ1v) is 11.3. The molecule has 0 atom stereocenters. The number of phenols is 3. The fraction of sp³-hybridized carbons (Fsp3) is 0.0741. The summed E-state index contributed by atoms with van der Waals surface area (Å²) in [5.74, 6) is -2.34. The van der Waals surface area contributed by atoms with Gasteiger partial charge in [-0.05, 0) is 60.4 Å². The Morgan fingerprint density at radius 1 is 0.697 bits per heavy atom. The Hall–Kier alpha value is -3.90. The molecular weight excluding hydrogens is 434 g/mol. The van der Waals surface area contributed by atoms with Crippen molar-refractivity contribution in [2.75, 3.05) is 5.32 Å². The highest BCUT2D eigenvalue weighted by atomic mass is 32.2. The SMILES string of the molecule is O=C(Nc1cccc(Sc2ccccc2)c1)c1cc(CCc2ccccc2)c(O)c(O)c1O. The van der Waals surface area contributed by atoms with E-state index in [1.807, 2.05) is 78.9 Å². The van der Waals surface area contributed by atoms with Crippen LogP contribution in [0.1, 0.15) is 21.5 Å². The van der Waals surface area contributed by atoms with Gasteiger partial charge in [0, 0.05) is 15.5 Å². The minimum absolute atomic E-state index is 0.102. The summed E-state index contributed by atoms with van der Waals surface area (Å²) < 4.78 is 0. The second-order valence-electron chi connectivity index (χ2n) is 7.51. The Labute approximate surface area is 196 Å². The van der Waals surface area contributed by atoms with Crippen LogP contribution >= 0.6 is 11.8 Å². The van der Waals surface area contributed by atoms with Crippen LogP contribution in [0.15, 0.2) is 101 Å². The number of nitrogens with one attached hydrogen (secondary N) is 1. The van der Waals surface area contributed by atoms with Crippen LogP contribution in [0.25, 0.3) is 0 Å². The van der Waals surface area contributed by atoms with E-state index in [-0.39, 0.29) is 5.56 Å². The normalized spacial score (nSPS) is 10.7. The highest BCUT2D eigenvalue weighted by Gasteiger charge is 2.21. The molecule has 4 N–H and O–H groups in total. The van der Waals surface area contributed by atoms with Crippen molar-refractivity contribution in [1.82, 2.24) is 0 Å². The molecule has 4 aromatic carbocycles. The molecule has 0 aliphatic rings. The lowest BCUT2D eigenvalue weighted by atomic mass is 10.00. The van der Waals surface area contributed by atoms with Crippen LogP contribution in [0.2, 0.25) is 0 Å². The van der Waals surface area contributed by atoms with Crippen LogP contribution in [0.3, 0.4) is 0 Å². The van der Waals surface area contributed by atoms with E-state index in [1.54, 1.807) is 17.8 Å². The third-order valence-electron chi connectivity index (χ3n) is 5.17. The van der Waals surface area contributed by atoms with E-state index < -0.39 is 23.2 Å². The van der Waals surface area contributed by atoms with Crippen LogP contribution in [0.4, 0.5) is 5.69 Å². The molecule has 0 saturated carbocycles. The topological polar surface area (TPSA) is 89.8 Å². The third-order valence-corrected chi connectivity index (χ3v) is 6.17. The largest absolute Gasteiger partial charge is 0.504 e. The van der Waals surface area contributed by atoms with Gasteiger partial charge >= 0.3 is 0 Å². The molecular formula is C27H23NO4S. The molecule has 0 aliphatic heterocycles. The number of aryl methyl sites for hydroxylation is 2. The zero-order chi connectivity index (χ0) is 23.2. The lowest BCUT2D eigenvalue weighted by Gasteiger charge is -2.13. The number of hydrogen-bond acceptors (Lipinski definition) is 5. The fourth-order valence-corrected chi connectivity index (χ4v) is 4.35. The molecule has 33 heavy (non-hydrogen) atoms. The third kappa shape index (κ3) is 5.48. The Bertz CT molecular complexity index is 1260. The van der Waals surface area contributed by atoms with Crippen LogP contribution < -0.4 is 5.32 Å². The number of carbonyl (C=O) groups excluding carboxylic acids is 1. The Balaban J connectivity index is 1.53. The van der Waals surface area contributed by atoms with E-state index in [4.69, 9.17) is 0 Å². The van der Waals surface area contributed by atoms with E-state index >= 15 is 0 Å². The predicted molar refractivity (Wildman–Crippen MR) is 130 cm³/mol. The monoisotopic (exact) mass is 457 g/mol. The minimum atomic E-state index is -0.695. The van der Waals surface area contributed by atoms with Gasteiger partial charge in [-0.3, -0.25) is 4.79 Å². The van der Waals surface area contributed by atoms with E-state index in [9.17, 15) is 20.1 Å². The van der Waals surface area contributed by atoms with Gasteiger partial charge in [-0.2, -0.15) is 0 Å². The summed E-state index contributed by atoms with van der Waals surface area (Å²) >= 11 is 1.57. The molecule has 166 valence electrons. The van der Waals surface area contributed by atoms with E-state index in [2.05, 4.69) is 5.32 Å². The van der Waals surface area contributed by atoms with E-state index in [1.165, 1.54) is 6.07 Å². The smallest absolute Gasteiger partial charge is 0.259 e. The van der Waals surface area contributed by atoms with E-state index in [0.29, 0.717) is 24.1 Å². The molecule has 6 heteroatoms. The number of rotatable bonds is 7. The average molecular weight is 458 g/mol. The number of aromatic hydroxyl groups is 3. The molecule has 4 rings (SSSR count). The Morgan fingerprint density at radius 2 is 1.36 bits per heavy atom. The first-order chi connectivity index (χ1) is 16.0. The number of hydrogen-bond donors (Lipinski definition) is 4. The first kappa shape index (κ1) is 22.3. The molecule has 0 unspecified atom stereocenters. The molecule has 0 radical (unpaired) electrons. The lowest BCUT2D eigenvalue weighted by molar-refractivity contribution is 0.102. The first-order valence-electron chi connectivity index (χ1n) is 10.5. The van der Waals surface area contributed by atoms with Gasteiger partial charge < -0.3 is 20.6 Å². The summed E-state index contributed by atoms with van der Waals surface area (Å²) in [6.07, 6.45) is 1.01. The molecule has 0 heterocycles. The van der Waals surface area contributed by atoms with Crippen molar-refractivity contribution in [3.8, 4) is 17.2 Å². The fourth-order valence-electron chi connectivity index (χ4n) is 3.45. The van der Waals surface area contributed by atoms with Crippen molar-refractivity contribution in [2.24, 2.45) is 0 Å². The van der Waals surface area contributed by atoms with Gasteiger partial charge in [0.05, 0.1) is 5.56 Å². The van der Waals surface area contributed by atoms with Gasteiger partial charge in [0.2, 0.25) is 5.75 Å². The maximum Gasteiger partial charge on any atom is 0.259 e. The number of amides is 1. The van der Waals surface area contributed by atoms with Crippen LogP contribution in [0, 0.1) is 0 Å². The molecule has 0 aromatic heterocycles. The summed E-state index contributed by atoms with van der Waals surface area (Å²) in [6.45, 7) is 0. The lowest BCUT2D eigenvalue weighted by Crippen LogP contribution is -2.13. The number of carbonyl (C=O) groups is 1. The predicted octanol–water partition coefficient (Wildman–Crippen LogP) is 5.99. The maximum absolute atomic E-state index is 12.9. The van der Waals surface area contributed by atoms with Crippen LogP contribution in [-0.2, 0) is 12.8 Å². The molecule has 5 nitrogen and oxygen atoms in total. The van der Waals surface area contributed by atoms with Gasteiger partial charge in [0.1, 0.15) is 0 Å². The zero-order valence-electron chi connectivity index (χ0n) is 17.7. The quantitative estimate of drug-likeness (QED) is 0.256. The number of anilines is 1. The second kappa shape index (κ2) is 10.1. The van der Waals surface area contributed by atoms with E-state index in [0.717, 1.165) is 15.4 Å². The van der Waals surface area contributed by atoms with Crippen molar-refractivity contribution in [3.63, 3.8) is 0 Å². The maximum atomic E-state index is 12.9. The average Bonchev–Trinajstić information content (AvgIpc) is 2.83. The summed E-state index contributed by atoms with van der Waals surface area (Å²) in [5, 5.41) is 33.6. The zero-order valence-corrected chi connectivity index (χ0v) is 18.5. The molecule has 0 saturated heterocycles. The van der Waals surface area contributed by atoms with Gasteiger partial charge in [-0.1, -0.05) is 66.4 Å².